The molecular weight excluding hydrogens is 300 g/mol. The monoisotopic (exact) mass is 308 g/mol. The number of ether oxygens (including phenoxy) is 2. The van der Waals surface area contributed by atoms with Crippen molar-refractivity contribution >= 4 is 31.9 Å². The second-order valence-corrected chi connectivity index (χ2v) is 3.85. The average molecular weight is 310 g/mol. The van der Waals surface area contributed by atoms with Crippen molar-refractivity contribution < 1.29 is 9.47 Å². The van der Waals surface area contributed by atoms with Gasteiger partial charge in [-0.2, -0.15) is 0 Å². The maximum absolute atomic E-state index is 5.20. The molecule has 0 saturated carbocycles. The van der Waals surface area contributed by atoms with E-state index in [9.17, 15) is 0 Å². The molecule has 4 heteroatoms. The maximum Gasteiger partial charge on any atom is 0.133 e. The van der Waals surface area contributed by atoms with Crippen LogP contribution in [-0.4, -0.2) is 14.2 Å². The molecular formula is C9H10Br2O2. The molecule has 0 radical (unpaired) electrons. The van der Waals surface area contributed by atoms with Crippen LogP contribution in [0.5, 0.6) is 11.5 Å². The lowest BCUT2D eigenvalue weighted by molar-refractivity contribution is 0.398. The summed E-state index contributed by atoms with van der Waals surface area (Å²) in [6, 6.07) is 3.84. The van der Waals surface area contributed by atoms with Gasteiger partial charge in [0.05, 0.1) is 18.7 Å². The summed E-state index contributed by atoms with van der Waals surface area (Å²) in [5.41, 5.74) is 1.07. The second-order valence-electron chi connectivity index (χ2n) is 2.43. The van der Waals surface area contributed by atoms with Gasteiger partial charge in [0.1, 0.15) is 11.5 Å². The Hall–Kier alpha value is -0.220. The highest BCUT2D eigenvalue weighted by Crippen LogP contribution is 2.33. The van der Waals surface area contributed by atoms with Crippen LogP contribution in [-0.2, 0) is 5.33 Å². The van der Waals surface area contributed by atoms with Gasteiger partial charge in [0, 0.05) is 10.9 Å². The summed E-state index contributed by atoms with van der Waals surface area (Å²) in [6.07, 6.45) is 0. The zero-order valence-electron chi connectivity index (χ0n) is 7.43. The van der Waals surface area contributed by atoms with E-state index in [1.165, 1.54) is 0 Å². The number of methoxy groups -OCH3 is 2. The van der Waals surface area contributed by atoms with Crippen molar-refractivity contribution in [3.8, 4) is 11.5 Å². The van der Waals surface area contributed by atoms with E-state index in [0.29, 0.717) is 0 Å². The molecule has 1 aromatic carbocycles. The Morgan fingerprint density at radius 2 is 1.77 bits per heavy atom. The first-order chi connectivity index (χ1) is 6.22. The van der Waals surface area contributed by atoms with Gasteiger partial charge in [0.15, 0.2) is 0 Å². The highest BCUT2D eigenvalue weighted by Gasteiger charge is 2.07. The van der Waals surface area contributed by atoms with Crippen LogP contribution in [0.4, 0.5) is 0 Å². The zero-order valence-corrected chi connectivity index (χ0v) is 10.6. The quantitative estimate of drug-likeness (QED) is 0.797. The smallest absolute Gasteiger partial charge is 0.133 e. The van der Waals surface area contributed by atoms with E-state index in [4.69, 9.17) is 9.47 Å². The molecule has 13 heavy (non-hydrogen) atoms. The van der Waals surface area contributed by atoms with Gasteiger partial charge < -0.3 is 9.47 Å². The molecule has 2 nitrogen and oxygen atoms in total. The number of hydrogen-bond donors (Lipinski definition) is 0. The van der Waals surface area contributed by atoms with Crippen molar-refractivity contribution in [1.29, 1.82) is 0 Å². The van der Waals surface area contributed by atoms with Crippen molar-refractivity contribution in [2.75, 3.05) is 14.2 Å². The van der Waals surface area contributed by atoms with Gasteiger partial charge >= 0.3 is 0 Å². The van der Waals surface area contributed by atoms with Crippen molar-refractivity contribution in [2.45, 2.75) is 5.33 Å². The van der Waals surface area contributed by atoms with Crippen molar-refractivity contribution in [1.82, 2.24) is 0 Å². The summed E-state index contributed by atoms with van der Waals surface area (Å²) >= 11 is 6.78. The van der Waals surface area contributed by atoms with E-state index in [-0.39, 0.29) is 0 Å². The summed E-state index contributed by atoms with van der Waals surface area (Å²) in [5.74, 6) is 1.67. The Morgan fingerprint density at radius 1 is 1.15 bits per heavy atom. The SMILES string of the molecule is COc1cc(CBr)c(OC)cc1Br. The first-order valence-electron chi connectivity index (χ1n) is 3.69. The molecule has 0 heterocycles. The molecule has 0 amide bonds. The molecule has 0 atom stereocenters. The molecule has 0 fully saturated rings. The zero-order chi connectivity index (χ0) is 9.84. The molecule has 1 aromatic rings. The molecule has 0 bridgehead atoms. The fraction of sp³-hybridized carbons (Fsp3) is 0.333. The predicted octanol–water partition coefficient (Wildman–Crippen LogP) is 3.36. The Bertz CT molecular complexity index is 300. The molecule has 1 rings (SSSR count). The maximum atomic E-state index is 5.20. The first-order valence-corrected chi connectivity index (χ1v) is 5.60. The molecule has 0 unspecified atom stereocenters. The minimum atomic E-state index is 0.750. The number of alkyl halides is 1. The first kappa shape index (κ1) is 10.9. The van der Waals surface area contributed by atoms with Crippen LogP contribution in [0.25, 0.3) is 0 Å². The lowest BCUT2D eigenvalue weighted by Crippen LogP contribution is -1.92. The topological polar surface area (TPSA) is 18.5 Å². The van der Waals surface area contributed by atoms with Crippen LogP contribution < -0.4 is 9.47 Å². The molecule has 0 aliphatic carbocycles. The van der Waals surface area contributed by atoms with Crippen LogP contribution in [0.2, 0.25) is 0 Å². The third-order valence-corrected chi connectivity index (χ3v) is 2.92. The molecule has 0 saturated heterocycles. The molecule has 0 aliphatic rings. The highest BCUT2D eigenvalue weighted by molar-refractivity contribution is 9.10. The van der Waals surface area contributed by atoms with E-state index < -0.39 is 0 Å². The summed E-state index contributed by atoms with van der Waals surface area (Å²) in [6.45, 7) is 0. The third-order valence-electron chi connectivity index (χ3n) is 1.70. The van der Waals surface area contributed by atoms with Crippen molar-refractivity contribution in [2.24, 2.45) is 0 Å². The number of benzene rings is 1. The van der Waals surface area contributed by atoms with E-state index in [2.05, 4.69) is 31.9 Å². The van der Waals surface area contributed by atoms with Crippen molar-refractivity contribution in [3.63, 3.8) is 0 Å². The number of halogens is 2. The number of hydrogen-bond acceptors (Lipinski definition) is 2. The minimum absolute atomic E-state index is 0.750. The van der Waals surface area contributed by atoms with Gasteiger partial charge in [0.25, 0.3) is 0 Å². The van der Waals surface area contributed by atoms with Gasteiger partial charge in [-0.25, -0.2) is 0 Å². The van der Waals surface area contributed by atoms with Gasteiger partial charge in [-0.1, -0.05) is 15.9 Å². The molecule has 0 aromatic heterocycles. The number of rotatable bonds is 3. The Morgan fingerprint density at radius 3 is 2.23 bits per heavy atom. The summed E-state index contributed by atoms with van der Waals surface area (Å²) in [5, 5.41) is 0.750. The van der Waals surface area contributed by atoms with Crippen molar-refractivity contribution in [3.05, 3.63) is 22.2 Å². The van der Waals surface area contributed by atoms with Gasteiger partial charge in [-0.3, -0.25) is 0 Å². The Balaban J connectivity index is 3.18. The highest BCUT2D eigenvalue weighted by atomic mass is 79.9. The van der Waals surface area contributed by atoms with Gasteiger partial charge in [-0.15, -0.1) is 0 Å². The van der Waals surface area contributed by atoms with Crippen LogP contribution in [0.1, 0.15) is 5.56 Å². The van der Waals surface area contributed by atoms with E-state index in [0.717, 1.165) is 26.9 Å². The lowest BCUT2D eigenvalue weighted by Gasteiger charge is -2.09. The Labute approximate surface area is 94.5 Å². The second kappa shape index (κ2) is 4.86. The summed E-state index contributed by atoms with van der Waals surface area (Å²) < 4.78 is 11.3. The molecule has 72 valence electrons. The average Bonchev–Trinajstić information content (AvgIpc) is 2.17. The standard InChI is InChI=1S/C9H10Br2O2/c1-12-8-4-7(11)9(13-2)3-6(8)5-10/h3-4H,5H2,1-2H3. The molecule has 0 spiro atoms. The lowest BCUT2D eigenvalue weighted by atomic mass is 10.2. The fourth-order valence-electron chi connectivity index (χ4n) is 1.03. The summed E-state index contributed by atoms with van der Waals surface area (Å²) in [7, 11) is 3.30. The van der Waals surface area contributed by atoms with Gasteiger partial charge in [0.2, 0.25) is 0 Å². The van der Waals surface area contributed by atoms with E-state index in [1.807, 2.05) is 12.1 Å². The fourth-order valence-corrected chi connectivity index (χ4v) is 1.95. The van der Waals surface area contributed by atoms with Crippen LogP contribution >= 0.6 is 31.9 Å². The minimum Gasteiger partial charge on any atom is -0.496 e. The normalized spacial score (nSPS) is 9.85. The van der Waals surface area contributed by atoms with Gasteiger partial charge in [-0.05, 0) is 28.1 Å². The predicted molar refractivity (Wildman–Crippen MR) is 59.9 cm³/mol. The summed E-state index contributed by atoms with van der Waals surface area (Å²) in [4.78, 5) is 0. The van der Waals surface area contributed by atoms with E-state index >= 15 is 0 Å². The largest absolute Gasteiger partial charge is 0.496 e. The Kier molecular flexibility index (Phi) is 4.06. The molecule has 0 N–H and O–H groups in total. The van der Waals surface area contributed by atoms with Crippen LogP contribution in [0.15, 0.2) is 16.6 Å². The molecule has 0 aliphatic heterocycles. The third kappa shape index (κ3) is 2.38. The van der Waals surface area contributed by atoms with Crippen LogP contribution in [0, 0.1) is 0 Å². The van der Waals surface area contributed by atoms with E-state index in [1.54, 1.807) is 14.2 Å². The van der Waals surface area contributed by atoms with Crippen LogP contribution in [0.3, 0.4) is 0 Å².